The first-order valence-electron chi connectivity index (χ1n) is 7.62. The van der Waals surface area contributed by atoms with E-state index >= 15 is 0 Å². The minimum Gasteiger partial charge on any atom is -0.481 e. The van der Waals surface area contributed by atoms with Gasteiger partial charge in [-0.25, -0.2) is 0 Å². The first kappa shape index (κ1) is 16.0. The summed E-state index contributed by atoms with van der Waals surface area (Å²) >= 11 is 1.79. The van der Waals surface area contributed by atoms with E-state index in [9.17, 15) is 9.59 Å². The molecule has 1 heterocycles. The lowest BCUT2D eigenvalue weighted by molar-refractivity contribution is -0.142. The highest BCUT2D eigenvalue weighted by Crippen LogP contribution is 2.24. The van der Waals surface area contributed by atoms with Gasteiger partial charge >= 0.3 is 5.97 Å². The van der Waals surface area contributed by atoms with Gasteiger partial charge in [-0.15, -0.1) is 11.3 Å². The third-order valence-corrected chi connectivity index (χ3v) is 5.13. The molecule has 1 fully saturated rings. The van der Waals surface area contributed by atoms with Gasteiger partial charge in [-0.2, -0.15) is 0 Å². The molecule has 1 amide bonds. The van der Waals surface area contributed by atoms with Crippen molar-refractivity contribution in [2.24, 2.45) is 5.92 Å². The highest BCUT2D eigenvalue weighted by Gasteiger charge is 2.26. The van der Waals surface area contributed by atoms with Crippen LogP contribution in [0.3, 0.4) is 0 Å². The molecule has 116 valence electrons. The fourth-order valence-electron chi connectivity index (χ4n) is 2.83. The van der Waals surface area contributed by atoms with E-state index in [0.717, 1.165) is 25.7 Å². The number of carbonyl (C=O) groups excluding carboxylic acids is 1. The predicted molar refractivity (Wildman–Crippen MR) is 83.5 cm³/mol. The van der Waals surface area contributed by atoms with E-state index in [4.69, 9.17) is 5.11 Å². The highest BCUT2D eigenvalue weighted by atomic mass is 32.1. The van der Waals surface area contributed by atoms with Gasteiger partial charge in [-0.1, -0.05) is 0 Å². The van der Waals surface area contributed by atoms with Gasteiger partial charge in [-0.05, 0) is 57.6 Å². The van der Waals surface area contributed by atoms with Crippen LogP contribution in [0.15, 0.2) is 12.1 Å². The Labute approximate surface area is 129 Å². The number of carboxylic acids is 1. The number of aliphatic carboxylic acids is 1. The molecule has 0 atom stereocenters. The molecule has 1 aromatic heterocycles. The van der Waals surface area contributed by atoms with Crippen LogP contribution in [0.5, 0.6) is 0 Å². The molecule has 0 aromatic carbocycles. The standard InChI is InChI=1S/C16H23NO3S/c1-11-5-10-14(21-11)3-2-4-15(18)17-13-8-6-12(7-9-13)16(19)20/h5,10,12-13H,2-4,6-9H2,1H3,(H,17,18)(H,19,20). The summed E-state index contributed by atoms with van der Waals surface area (Å²) in [7, 11) is 0. The highest BCUT2D eigenvalue weighted by molar-refractivity contribution is 7.11. The molecule has 1 aliphatic rings. The number of hydrogen-bond donors (Lipinski definition) is 2. The van der Waals surface area contributed by atoms with E-state index in [-0.39, 0.29) is 17.9 Å². The average Bonchev–Trinajstić information content (AvgIpc) is 2.85. The molecule has 0 radical (unpaired) electrons. The Morgan fingerprint density at radius 2 is 2.00 bits per heavy atom. The number of hydrogen-bond acceptors (Lipinski definition) is 3. The minimum atomic E-state index is -0.703. The maximum Gasteiger partial charge on any atom is 0.306 e. The van der Waals surface area contributed by atoms with Crippen LogP contribution in [0.25, 0.3) is 0 Å². The average molecular weight is 309 g/mol. The summed E-state index contributed by atoms with van der Waals surface area (Å²) in [6.07, 6.45) is 5.30. The smallest absolute Gasteiger partial charge is 0.306 e. The number of carbonyl (C=O) groups is 2. The summed E-state index contributed by atoms with van der Waals surface area (Å²) in [5.41, 5.74) is 0. The predicted octanol–water partition coefficient (Wildman–Crippen LogP) is 3.14. The third kappa shape index (κ3) is 5.16. The minimum absolute atomic E-state index is 0.0991. The van der Waals surface area contributed by atoms with Gasteiger partial charge in [0.15, 0.2) is 0 Å². The molecule has 4 nitrogen and oxygen atoms in total. The first-order valence-corrected chi connectivity index (χ1v) is 8.43. The van der Waals surface area contributed by atoms with Crippen molar-refractivity contribution < 1.29 is 14.7 Å². The molecule has 0 saturated heterocycles. The summed E-state index contributed by atoms with van der Waals surface area (Å²) in [6, 6.07) is 4.41. The zero-order valence-electron chi connectivity index (χ0n) is 12.4. The summed E-state index contributed by atoms with van der Waals surface area (Å²) in [5.74, 6) is -0.826. The quantitative estimate of drug-likeness (QED) is 0.848. The molecule has 2 rings (SSSR count). The molecule has 1 aromatic rings. The molecule has 1 saturated carbocycles. The lowest BCUT2D eigenvalue weighted by atomic mass is 9.86. The summed E-state index contributed by atoms with van der Waals surface area (Å²) in [6.45, 7) is 2.09. The lowest BCUT2D eigenvalue weighted by Crippen LogP contribution is -2.38. The van der Waals surface area contributed by atoms with Crippen LogP contribution < -0.4 is 5.32 Å². The van der Waals surface area contributed by atoms with Crippen LogP contribution in [0, 0.1) is 12.8 Å². The second kappa shape index (κ2) is 7.59. The van der Waals surface area contributed by atoms with Crippen molar-refractivity contribution >= 4 is 23.2 Å². The van der Waals surface area contributed by atoms with Crippen LogP contribution in [0.1, 0.15) is 48.3 Å². The van der Waals surface area contributed by atoms with Gasteiger partial charge in [0.1, 0.15) is 0 Å². The molecule has 2 N–H and O–H groups in total. The Hall–Kier alpha value is -1.36. The lowest BCUT2D eigenvalue weighted by Gasteiger charge is -2.26. The second-order valence-corrected chi connectivity index (χ2v) is 7.19. The summed E-state index contributed by atoms with van der Waals surface area (Å²) < 4.78 is 0. The van der Waals surface area contributed by atoms with Crippen LogP contribution in [-0.2, 0) is 16.0 Å². The fourth-order valence-corrected chi connectivity index (χ4v) is 3.76. The Balaban J connectivity index is 1.62. The topological polar surface area (TPSA) is 66.4 Å². The van der Waals surface area contributed by atoms with Gasteiger partial charge in [0.2, 0.25) is 5.91 Å². The van der Waals surface area contributed by atoms with Crippen molar-refractivity contribution in [2.45, 2.75) is 57.9 Å². The number of amides is 1. The van der Waals surface area contributed by atoms with Crippen molar-refractivity contribution in [3.05, 3.63) is 21.9 Å². The van der Waals surface area contributed by atoms with Crippen molar-refractivity contribution in [3.8, 4) is 0 Å². The van der Waals surface area contributed by atoms with Crippen LogP contribution in [0.4, 0.5) is 0 Å². The second-order valence-electron chi connectivity index (χ2n) is 5.82. The zero-order valence-corrected chi connectivity index (χ0v) is 13.2. The Bertz CT molecular complexity index is 489. The van der Waals surface area contributed by atoms with Crippen LogP contribution >= 0.6 is 11.3 Å². The van der Waals surface area contributed by atoms with Crippen molar-refractivity contribution in [3.63, 3.8) is 0 Å². The molecule has 5 heteroatoms. The third-order valence-electron chi connectivity index (χ3n) is 4.06. The van der Waals surface area contributed by atoms with Crippen LogP contribution in [-0.4, -0.2) is 23.0 Å². The summed E-state index contributed by atoms with van der Waals surface area (Å²) in [5, 5.41) is 12.0. The molecular weight excluding hydrogens is 286 g/mol. The Morgan fingerprint density at radius 3 is 2.57 bits per heavy atom. The Kier molecular flexibility index (Phi) is 5.79. The van der Waals surface area contributed by atoms with Gasteiger partial charge < -0.3 is 10.4 Å². The molecule has 0 spiro atoms. The SMILES string of the molecule is Cc1ccc(CCCC(=O)NC2CCC(C(=O)O)CC2)s1. The van der Waals surface area contributed by atoms with Crippen molar-refractivity contribution in [1.82, 2.24) is 5.32 Å². The molecule has 1 aliphatic carbocycles. The van der Waals surface area contributed by atoms with Gasteiger partial charge in [0.05, 0.1) is 5.92 Å². The van der Waals surface area contributed by atoms with E-state index in [1.165, 1.54) is 9.75 Å². The molecule has 21 heavy (non-hydrogen) atoms. The zero-order chi connectivity index (χ0) is 15.2. The van der Waals surface area contributed by atoms with E-state index in [1.807, 2.05) is 0 Å². The normalized spacial score (nSPS) is 22.0. The van der Waals surface area contributed by atoms with Gasteiger partial charge in [0, 0.05) is 22.2 Å². The first-order chi connectivity index (χ1) is 10.0. The van der Waals surface area contributed by atoms with Gasteiger partial charge in [-0.3, -0.25) is 9.59 Å². The van der Waals surface area contributed by atoms with E-state index in [0.29, 0.717) is 19.3 Å². The summed E-state index contributed by atoms with van der Waals surface area (Å²) in [4.78, 5) is 25.4. The number of aryl methyl sites for hydroxylation is 2. The molecule has 0 unspecified atom stereocenters. The Morgan fingerprint density at radius 1 is 1.29 bits per heavy atom. The monoisotopic (exact) mass is 309 g/mol. The van der Waals surface area contributed by atoms with Crippen molar-refractivity contribution in [2.75, 3.05) is 0 Å². The number of nitrogens with one attached hydrogen (secondary N) is 1. The largest absolute Gasteiger partial charge is 0.481 e. The maximum atomic E-state index is 11.9. The molecule has 0 aliphatic heterocycles. The van der Waals surface area contributed by atoms with Crippen LogP contribution in [0.2, 0.25) is 0 Å². The van der Waals surface area contributed by atoms with E-state index in [2.05, 4.69) is 24.4 Å². The number of carboxylic acid groups (broad SMARTS) is 1. The number of rotatable bonds is 6. The van der Waals surface area contributed by atoms with E-state index < -0.39 is 5.97 Å². The van der Waals surface area contributed by atoms with Gasteiger partial charge in [0.25, 0.3) is 0 Å². The number of thiophene rings is 1. The van der Waals surface area contributed by atoms with E-state index in [1.54, 1.807) is 11.3 Å². The molecular formula is C16H23NO3S. The molecule has 0 bridgehead atoms. The fraction of sp³-hybridized carbons (Fsp3) is 0.625. The van der Waals surface area contributed by atoms with Crippen molar-refractivity contribution in [1.29, 1.82) is 0 Å². The maximum absolute atomic E-state index is 11.9.